The summed E-state index contributed by atoms with van der Waals surface area (Å²) in [4.78, 5) is 31.0. The Morgan fingerprint density at radius 2 is 2.06 bits per heavy atom. The molecular formula is C24H41N5O4S. The zero-order chi connectivity index (χ0) is 24.2. The number of rotatable bonds is 11. The highest BCUT2D eigenvalue weighted by Crippen LogP contribution is 2.34. The molecule has 0 spiro atoms. The molecule has 1 aromatic rings. The highest BCUT2D eigenvalue weighted by atomic mass is 32.1. The number of hydrogen-bond donors (Lipinski definition) is 3. The first-order chi connectivity index (χ1) is 16.6. The number of methoxy groups -OCH3 is 1. The lowest BCUT2D eigenvalue weighted by atomic mass is 9.85. The Morgan fingerprint density at radius 3 is 2.76 bits per heavy atom. The molecule has 1 aromatic heterocycles. The van der Waals surface area contributed by atoms with Crippen molar-refractivity contribution in [1.29, 1.82) is 0 Å². The van der Waals surface area contributed by atoms with Crippen molar-refractivity contribution in [3.05, 3.63) is 16.6 Å². The highest BCUT2D eigenvalue weighted by molar-refractivity contribution is 7.09. The molecule has 1 saturated heterocycles. The van der Waals surface area contributed by atoms with Crippen molar-refractivity contribution >= 4 is 23.5 Å². The third-order valence-electron chi connectivity index (χ3n) is 6.84. The molecule has 1 aliphatic carbocycles. The maximum atomic E-state index is 13.2. The number of nitrogens with zero attached hydrogens (tertiary/aromatic N) is 2. The molecule has 3 rings (SSSR count). The number of urea groups is 1. The summed E-state index contributed by atoms with van der Waals surface area (Å²) in [6.45, 7) is 2.90. The van der Waals surface area contributed by atoms with Crippen molar-refractivity contribution in [2.24, 2.45) is 11.8 Å². The van der Waals surface area contributed by atoms with Crippen LogP contribution in [0.4, 0.5) is 9.59 Å². The Kier molecular flexibility index (Phi) is 11.4. The van der Waals surface area contributed by atoms with Crippen LogP contribution in [-0.4, -0.2) is 75.0 Å². The van der Waals surface area contributed by atoms with Crippen LogP contribution < -0.4 is 16.0 Å². The van der Waals surface area contributed by atoms with Gasteiger partial charge < -0.3 is 30.3 Å². The zero-order valence-corrected chi connectivity index (χ0v) is 21.4. The minimum absolute atomic E-state index is 0.0195. The van der Waals surface area contributed by atoms with Crippen LogP contribution in [0.15, 0.2) is 11.6 Å². The van der Waals surface area contributed by atoms with Gasteiger partial charge in [0.1, 0.15) is 11.1 Å². The van der Waals surface area contributed by atoms with Gasteiger partial charge in [0.25, 0.3) is 0 Å². The van der Waals surface area contributed by atoms with Gasteiger partial charge >= 0.3 is 12.1 Å². The van der Waals surface area contributed by atoms with E-state index in [1.807, 2.05) is 17.3 Å². The number of aromatic nitrogens is 1. The summed E-state index contributed by atoms with van der Waals surface area (Å²) in [5, 5.41) is 12.1. The lowest BCUT2D eigenvalue weighted by molar-refractivity contribution is -0.00875. The first-order valence-corrected chi connectivity index (χ1v) is 13.5. The smallest absolute Gasteiger partial charge is 0.406 e. The topological polar surface area (TPSA) is 105 Å². The van der Waals surface area contributed by atoms with E-state index in [-0.39, 0.29) is 24.1 Å². The number of ether oxygens (including phenoxy) is 2. The van der Waals surface area contributed by atoms with Crippen molar-refractivity contribution < 1.29 is 19.1 Å². The molecule has 2 heterocycles. The minimum atomic E-state index is -0.473. The lowest BCUT2D eigenvalue weighted by Crippen LogP contribution is -2.52. The standard InChI is InChI=1S/C24H41N5O4S/c1-25-16-20(15-18-7-4-3-5-8-18)28-23(30)29-12-6-9-19(17-29)21(22-26-11-14-34-22)33-13-10-27-24(31)32-2/h11,14,18-21,25H,3-10,12-13,15-17H2,1-2H3,(H,27,31)(H,28,30)/t19-,20-,21?/m0/s1. The lowest BCUT2D eigenvalue weighted by Gasteiger charge is -2.37. The average molecular weight is 496 g/mol. The molecule has 3 amide bonds. The number of likely N-dealkylation sites (N-methyl/N-ethyl adjacent to an activating group) is 1. The van der Waals surface area contributed by atoms with E-state index in [4.69, 9.17) is 4.74 Å². The number of piperidine rings is 1. The molecule has 2 aliphatic rings. The first kappa shape index (κ1) is 26.7. The molecule has 3 atom stereocenters. The molecule has 2 fully saturated rings. The Balaban J connectivity index is 1.55. The Bertz CT molecular complexity index is 729. The van der Waals surface area contributed by atoms with Gasteiger partial charge in [0.2, 0.25) is 0 Å². The fourth-order valence-electron chi connectivity index (χ4n) is 5.17. The van der Waals surface area contributed by atoms with Gasteiger partial charge in [0, 0.05) is 49.7 Å². The van der Waals surface area contributed by atoms with E-state index in [1.165, 1.54) is 39.2 Å². The van der Waals surface area contributed by atoms with E-state index in [0.717, 1.165) is 37.4 Å². The summed E-state index contributed by atoms with van der Waals surface area (Å²) in [5.41, 5.74) is 0. The number of carbonyl (C=O) groups is 2. The van der Waals surface area contributed by atoms with Crippen LogP contribution in [-0.2, 0) is 9.47 Å². The first-order valence-electron chi connectivity index (χ1n) is 12.6. The fraction of sp³-hybridized carbons (Fsp3) is 0.792. The van der Waals surface area contributed by atoms with Crippen LogP contribution in [0.25, 0.3) is 0 Å². The van der Waals surface area contributed by atoms with E-state index in [0.29, 0.717) is 25.6 Å². The van der Waals surface area contributed by atoms with E-state index in [2.05, 4.69) is 25.7 Å². The average Bonchev–Trinajstić information content (AvgIpc) is 3.39. The summed E-state index contributed by atoms with van der Waals surface area (Å²) in [7, 11) is 3.29. The number of likely N-dealkylation sites (tertiary alicyclic amines) is 1. The second kappa shape index (κ2) is 14.5. The SMILES string of the molecule is CNC[C@H](CC1CCCCC1)NC(=O)N1CCC[C@H](C(OCCNC(=O)OC)c2nccs2)C1. The predicted octanol–water partition coefficient (Wildman–Crippen LogP) is 3.54. The molecule has 0 aromatic carbocycles. The monoisotopic (exact) mass is 495 g/mol. The van der Waals surface area contributed by atoms with Gasteiger partial charge in [-0.2, -0.15) is 0 Å². The van der Waals surface area contributed by atoms with E-state index in [9.17, 15) is 9.59 Å². The van der Waals surface area contributed by atoms with Crippen molar-refractivity contribution in [2.45, 2.75) is 63.5 Å². The summed E-state index contributed by atoms with van der Waals surface area (Å²) >= 11 is 1.56. The van der Waals surface area contributed by atoms with E-state index < -0.39 is 6.09 Å². The fourth-order valence-corrected chi connectivity index (χ4v) is 5.94. The Hall–Kier alpha value is -1.91. The second-order valence-corrected chi connectivity index (χ2v) is 10.3. The third-order valence-corrected chi connectivity index (χ3v) is 7.68. The Labute approximate surface area is 207 Å². The van der Waals surface area contributed by atoms with E-state index in [1.54, 1.807) is 17.5 Å². The van der Waals surface area contributed by atoms with Crippen molar-refractivity contribution in [3.63, 3.8) is 0 Å². The molecule has 0 bridgehead atoms. The number of alkyl carbamates (subject to hydrolysis) is 1. The number of amides is 3. The van der Waals surface area contributed by atoms with Gasteiger partial charge in [0.15, 0.2) is 0 Å². The van der Waals surface area contributed by atoms with Gasteiger partial charge in [-0.05, 0) is 32.2 Å². The normalized spacial score (nSPS) is 21.0. The van der Waals surface area contributed by atoms with Gasteiger partial charge in [-0.15, -0.1) is 11.3 Å². The second-order valence-electron chi connectivity index (χ2n) is 9.37. The summed E-state index contributed by atoms with van der Waals surface area (Å²) in [6.07, 6.45) is 10.6. The quantitative estimate of drug-likeness (QED) is 0.406. The Morgan fingerprint density at radius 1 is 1.24 bits per heavy atom. The van der Waals surface area contributed by atoms with Crippen molar-refractivity contribution in [2.75, 3.05) is 46.9 Å². The van der Waals surface area contributed by atoms with Crippen molar-refractivity contribution in [1.82, 2.24) is 25.8 Å². The molecular weight excluding hydrogens is 454 g/mol. The van der Waals surface area contributed by atoms with Gasteiger partial charge in [-0.25, -0.2) is 14.6 Å². The zero-order valence-electron chi connectivity index (χ0n) is 20.6. The van der Waals surface area contributed by atoms with Gasteiger partial charge in [0.05, 0.1) is 13.7 Å². The number of hydrogen-bond acceptors (Lipinski definition) is 7. The molecule has 3 N–H and O–H groups in total. The molecule has 1 saturated carbocycles. The predicted molar refractivity (Wildman–Crippen MR) is 133 cm³/mol. The largest absolute Gasteiger partial charge is 0.453 e. The molecule has 192 valence electrons. The third kappa shape index (κ3) is 8.39. The number of thiazole rings is 1. The van der Waals surface area contributed by atoms with Crippen LogP contribution in [0.1, 0.15) is 62.5 Å². The number of nitrogens with one attached hydrogen (secondary N) is 3. The van der Waals surface area contributed by atoms with E-state index >= 15 is 0 Å². The summed E-state index contributed by atoms with van der Waals surface area (Å²) < 4.78 is 10.8. The maximum absolute atomic E-state index is 13.2. The number of carbonyl (C=O) groups excluding carboxylic acids is 2. The van der Waals surface area contributed by atoms with Crippen molar-refractivity contribution in [3.8, 4) is 0 Å². The molecule has 9 nitrogen and oxygen atoms in total. The molecule has 0 radical (unpaired) electrons. The summed E-state index contributed by atoms with van der Waals surface area (Å²) in [6, 6.07) is 0.169. The van der Waals surface area contributed by atoms with Gasteiger partial charge in [-0.3, -0.25) is 0 Å². The van der Waals surface area contributed by atoms with Crippen LogP contribution in [0.2, 0.25) is 0 Å². The maximum Gasteiger partial charge on any atom is 0.406 e. The summed E-state index contributed by atoms with van der Waals surface area (Å²) in [5.74, 6) is 0.868. The van der Waals surface area contributed by atoms with Crippen LogP contribution in [0, 0.1) is 11.8 Å². The highest BCUT2D eigenvalue weighted by Gasteiger charge is 2.33. The van der Waals surface area contributed by atoms with Gasteiger partial charge in [-0.1, -0.05) is 32.1 Å². The molecule has 1 aliphatic heterocycles. The minimum Gasteiger partial charge on any atom is -0.453 e. The molecule has 34 heavy (non-hydrogen) atoms. The molecule has 1 unspecified atom stereocenters. The van der Waals surface area contributed by atoms with Crippen LogP contribution >= 0.6 is 11.3 Å². The van der Waals surface area contributed by atoms with Crippen LogP contribution in [0.3, 0.4) is 0 Å². The van der Waals surface area contributed by atoms with Crippen LogP contribution in [0.5, 0.6) is 0 Å². The molecule has 10 heteroatoms.